The van der Waals surface area contributed by atoms with Crippen molar-refractivity contribution < 1.29 is 0 Å². The quantitative estimate of drug-likeness (QED) is 0.663. The number of aryl methyl sites for hydroxylation is 2. The Balaban J connectivity index is 1.86. The van der Waals surface area contributed by atoms with Gasteiger partial charge in [0.1, 0.15) is 5.82 Å². The molecule has 1 aromatic carbocycles. The molecule has 1 aliphatic rings. The first kappa shape index (κ1) is 20.6. The van der Waals surface area contributed by atoms with Crippen LogP contribution in [0.3, 0.4) is 0 Å². The van der Waals surface area contributed by atoms with Crippen LogP contribution in [0.5, 0.6) is 0 Å². The van der Waals surface area contributed by atoms with E-state index in [2.05, 4.69) is 43.9 Å². The molecule has 0 radical (unpaired) electrons. The van der Waals surface area contributed by atoms with Crippen LogP contribution >= 0.6 is 0 Å². The second-order valence-electron chi connectivity index (χ2n) is 9.12. The summed E-state index contributed by atoms with van der Waals surface area (Å²) < 4.78 is 4.66. The van der Waals surface area contributed by atoms with Gasteiger partial charge in [0.25, 0.3) is 5.56 Å². The van der Waals surface area contributed by atoms with Crippen molar-refractivity contribution in [2.45, 2.75) is 40.3 Å². The van der Waals surface area contributed by atoms with E-state index in [4.69, 9.17) is 4.98 Å². The molecule has 3 aromatic rings. The fraction of sp³-hybridized carbons (Fsp3) is 0.522. The fourth-order valence-electron chi connectivity index (χ4n) is 4.90. The summed E-state index contributed by atoms with van der Waals surface area (Å²) >= 11 is 0. The number of nitrogens with zero attached hydrogens (tertiary/aromatic N) is 5. The van der Waals surface area contributed by atoms with Gasteiger partial charge >= 0.3 is 5.69 Å². The van der Waals surface area contributed by atoms with Crippen LogP contribution in [0.15, 0.2) is 33.9 Å². The van der Waals surface area contributed by atoms with Crippen LogP contribution in [0.25, 0.3) is 11.2 Å². The van der Waals surface area contributed by atoms with Crippen LogP contribution in [0, 0.1) is 18.8 Å². The lowest BCUT2D eigenvalue weighted by Gasteiger charge is -2.34. The van der Waals surface area contributed by atoms with Gasteiger partial charge in [-0.2, -0.15) is 0 Å². The largest absolute Gasteiger partial charge is 0.332 e. The third kappa shape index (κ3) is 3.74. The van der Waals surface area contributed by atoms with Crippen LogP contribution in [0.1, 0.15) is 37.2 Å². The number of piperidine rings is 1. The molecular weight excluding hydrogens is 378 g/mol. The smallest absolute Gasteiger partial charge is 0.317 e. The van der Waals surface area contributed by atoms with Crippen LogP contribution in [-0.4, -0.2) is 36.7 Å². The minimum Gasteiger partial charge on any atom is -0.317 e. The molecule has 0 unspecified atom stereocenters. The van der Waals surface area contributed by atoms with Crippen molar-refractivity contribution in [1.82, 2.24) is 23.6 Å². The number of imidazole rings is 1. The maximum Gasteiger partial charge on any atom is 0.332 e. The van der Waals surface area contributed by atoms with Crippen molar-refractivity contribution in [3.63, 3.8) is 0 Å². The highest BCUT2D eigenvalue weighted by Crippen LogP contribution is 2.23. The molecule has 0 spiro atoms. The zero-order valence-electron chi connectivity index (χ0n) is 18.6. The molecule has 30 heavy (non-hydrogen) atoms. The number of aromatic nitrogens is 4. The Labute approximate surface area is 176 Å². The van der Waals surface area contributed by atoms with Crippen LogP contribution in [0.2, 0.25) is 0 Å². The molecule has 7 heteroatoms. The lowest BCUT2D eigenvalue weighted by Crippen LogP contribution is -2.39. The summed E-state index contributed by atoms with van der Waals surface area (Å²) in [5.41, 5.74) is 2.61. The summed E-state index contributed by atoms with van der Waals surface area (Å²) in [6.07, 6.45) is 1.24. The highest BCUT2D eigenvalue weighted by atomic mass is 16.2. The Kier molecular flexibility index (Phi) is 5.40. The van der Waals surface area contributed by atoms with Gasteiger partial charge in [-0.1, -0.05) is 43.7 Å². The van der Waals surface area contributed by atoms with E-state index in [9.17, 15) is 9.59 Å². The first-order valence-corrected chi connectivity index (χ1v) is 10.7. The Morgan fingerprint density at radius 2 is 1.73 bits per heavy atom. The van der Waals surface area contributed by atoms with Crippen molar-refractivity contribution in [3.8, 4) is 0 Å². The molecule has 0 bridgehead atoms. The van der Waals surface area contributed by atoms with Crippen molar-refractivity contribution in [2.24, 2.45) is 25.9 Å². The average molecular weight is 410 g/mol. The van der Waals surface area contributed by atoms with Gasteiger partial charge in [0.15, 0.2) is 11.2 Å². The standard InChI is InChI=1S/C23H31N5O2/c1-15-7-6-8-18(10-15)13-28-19(14-27-11-16(2)9-17(3)12-27)24-21-20(28)22(29)26(5)23(30)25(21)4/h6-8,10,16-17H,9,11-14H2,1-5H3/t16-,17+. The monoisotopic (exact) mass is 409 g/mol. The maximum absolute atomic E-state index is 13.1. The van der Waals surface area contributed by atoms with E-state index in [1.54, 1.807) is 7.05 Å². The van der Waals surface area contributed by atoms with Gasteiger partial charge in [0, 0.05) is 33.7 Å². The molecular formula is C23H31N5O2. The molecule has 0 aliphatic carbocycles. The lowest BCUT2D eigenvalue weighted by atomic mass is 9.92. The van der Waals surface area contributed by atoms with Crippen LogP contribution in [0.4, 0.5) is 0 Å². The van der Waals surface area contributed by atoms with Gasteiger partial charge in [-0.05, 0) is 30.7 Å². The predicted molar refractivity (Wildman–Crippen MR) is 119 cm³/mol. The van der Waals surface area contributed by atoms with E-state index < -0.39 is 0 Å². The third-order valence-corrected chi connectivity index (χ3v) is 6.16. The third-order valence-electron chi connectivity index (χ3n) is 6.16. The van der Waals surface area contributed by atoms with Crippen molar-refractivity contribution in [1.29, 1.82) is 0 Å². The Bertz CT molecular complexity index is 1190. The van der Waals surface area contributed by atoms with Crippen LogP contribution in [-0.2, 0) is 27.2 Å². The van der Waals surface area contributed by atoms with Gasteiger partial charge in [-0.25, -0.2) is 9.78 Å². The summed E-state index contributed by atoms with van der Waals surface area (Å²) in [5.74, 6) is 2.12. The molecule has 4 rings (SSSR count). The van der Waals surface area contributed by atoms with Gasteiger partial charge in [0.2, 0.25) is 0 Å². The first-order chi connectivity index (χ1) is 14.2. The maximum atomic E-state index is 13.1. The second kappa shape index (κ2) is 7.87. The molecule has 1 fully saturated rings. The molecule has 1 saturated heterocycles. The van der Waals surface area contributed by atoms with Gasteiger partial charge in [-0.3, -0.25) is 18.8 Å². The van der Waals surface area contributed by atoms with E-state index in [1.807, 2.05) is 10.6 Å². The molecule has 3 heterocycles. The normalized spacial score (nSPS) is 20.2. The van der Waals surface area contributed by atoms with Crippen LogP contribution < -0.4 is 11.2 Å². The zero-order chi connectivity index (χ0) is 21.6. The Morgan fingerprint density at radius 1 is 1.03 bits per heavy atom. The molecule has 160 valence electrons. The summed E-state index contributed by atoms with van der Waals surface area (Å²) in [4.78, 5) is 32.8. The summed E-state index contributed by atoms with van der Waals surface area (Å²) in [6.45, 7) is 9.92. The Morgan fingerprint density at radius 3 is 2.40 bits per heavy atom. The number of likely N-dealkylation sites (tertiary alicyclic amines) is 1. The average Bonchev–Trinajstić information content (AvgIpc) is 3.02. The van der Waals surface area contributed by atoms with E-state index >= 15 is 0 Å². The summed E-state index contributed by atoms with van der Waals surface area (Å²) in [5, 5.41) is 0. The zero-order valence-corrected chi connectivity index (χ0v) is 18.6. The van der Waals surface area contributed by atoms with E-state index in [1.165, 1.54) is 28.2 Å². The van der Waals surface area contributed by atoms with E-state index in [-0.39, 0.29) is 11.2 Å². The molecule has 2 atom stereocenters. The number of hydrogen-bond donors (Lipinski definition) is 0. The summed E-state index contributed by atoms with van der Waals surface area (Å²) in [6, 6.07) is 8.30. The molecule has 0 saturated carbocycles. The molecule has 7 nitrogen and oxygen atoms in total. The first-order valence-electron chi connectivity index (χ1n) is 10.7. The van der Waals surface area contributed by atoms with E-state index in [0.717, 1.165) is 24.5 Å². The number of rotatable bonds is 4. The minimum atomic E-state index is -0.348. The SMILES string of the molecule is Cc1cccc(Cn2c(CN3C[C@H](C)C[C@H](C)C3)nc3c2c(=O)n(C)c(=O)n3C)c1. The second-order valence-corrected chi connectivity index (χ2v) is 9.12. The molecule has 1 aliphatic heterocycles. The summed E-state index contributed by atoms with van der Waals surface area (Å²) in [7, 11) is 3.21. The van der Waals surface area contributed by atoms with Crippen molar-refractivity contribution in [2.75, 3.05) is 13.1 Å². The molecule has 0 N–H and O–H groups in total. The lowest BCUT2D eigenvalue weighted by molar-refractivity contribution is 0.130. The fourth-order valence-corrected chi connectivity index (χ4v) is 4.90. The number of benzene rings is 1. The van der Waals surface area contributed by atoms with Crippen molar-refractivity contribution >= 4 is 11.2 Å². The molecule has 0 amide bonds. The van der Waals surface area contributed by atoms with Gasteiger partial charge < -0.3 is 4.57 Å². The number of fused-ring (bicyclic) bond motifs is 1. The van der Waals surface area contributed by atoms with Gasteiger partial charge in [-0.15, -0.1) is 0 Å². The van der Waals surface area contributed by atoms with E-state index in [0.29, 0.717) is 36.1 Å². The van der Waals surface area contributed by atoms with Gasteiger partial charge in [0.05, 0.1) is 6.54 Å². The molecule has 2 aromatic heterocycles. The predicted octanol–water partition coefficient (Wildman–Crippen LogP) is 2.27. The number of hydrogen-bond acceptors (Lipinski definition) is 4. The highest BCUT2D eigenvalue weighted by Gasteiger charge is 2.25. The Hall–Kier alpha value is -2.67. The van der Waals surface area contributed by atoms with Crippen molar-refractivity contribution in [3.05, 3.63) is 62.1 Å². The topological polar surface area (TPSA) is 65.1 Å². The highest BCUT2D eigenvalue weighted by molar-refractivity contribution is 5.71. The minimum absolute atomic E-state index is 0.292.